The number of rotatable bonds is 8. The van der Waals surface area contributed by atoms with Gasteiger partial charge < -0.3 is 14.4 Å². The lowest BCUT2D eigenvalue weighted by atomic mass is 10.0. The molecule has 10 heteroatoms. The van der Waals surface area contributed by atoms with Crippen LogP contribution in [-0.2, 0) is 16.1 Å². The summed E-state index contributed by atoms with van der Waals surface area (Å²) in [6.07, 6.45) is 6.73. The lowest BCUT2D eigenvalue weighted by molar-refractivity contribution is -0.142. The molecule has 1 saturated carbocycles. The molecule has 43 heavy (non-hydrogen) atoms. The molecule has 2 aliphatic rings. The van der Waals surface area contributed by atoms with Crippen LogP contribution in [0.25, 0.3) is 22.1 Å². The van der Waals surface area contributed by atoms with Crippen molar-refractivity contribution in [2.24, 2.45) is 5.92 Å². The monoisotopic (exact) mass is 618 g/mol. The summed E-state index contributed by atoms with van der Waals surface area (Å²) in [5.74, 6) is 0.969. The fourth-order valence-corrected chi connectivity index (χ4v) is 7.65. The van der Waals surface area contributed by atoms with Crippen LogP contribution in [-0.4, -0.2) is 72.3 Å². The highest BCUT2D eigenvalue weighted by Gasteiger charge is 2.32. The molecule has 0 bridgehead atoms. The fraction of sp³-hybridized carbons (Fsp3) is 0.485. The molecule has 0 radical (unpaired) electrons. The molecule has 1 aliphatic heterocycles. The maximum absolute atomic E-state index is 13.5. The normalized spacial score (nSPS) is 18.6. The van der Waals surface area contributed by atoms with E-state index in [0.717, 1.165) is 39.6 Å². The number of carbonyl (C=O) groups is 2. The van der Waals surface area contributed by atoms with Gasteiger partial charge >= 0.3 is 0 Å². The van der Waals surface area contributed by atoms with Gasteiger partial charge in [0.2, 0.25) is 17.0 Å². The van der Waals surface area contributed by atoms with Crippen molar-refractivity contribution in [3.8, 4) is 0 Å². The molecule has 0 spiro atoms. The number of benzene rings is 2. The van der Waals surface area contributed by atoms with E-state index in [2.05, 4.69) is 39.9 Å². The third-order valence-corrected chi connectivity index (χ3v) is 10.1. The third-order valence-electron chi connectivity index (χ3n) is 8.96. The van der Waals surface area contributed by atoms with Crippen molar-refractivity contribution in [1.29, 1.82) is 0 Å². The Morgan fingerprint density at radius 1 is 1.09 bits per heavy atom. The van der Waals surface area contributed by atoms with E-state index in [1.807, 2.05) is 47.9 Å². The Morgan fingerprint density at radius 2 is 1.91 bits per heavy atom. The van der Waals surface area contributed by atoms with Gasteiger partial charge in [0.1, 0.15) is 5.52 Å². The second kappa shape index (κ2) is 12.8. The van der Waals surface area contributed by atoms with Gasteiger partial charge in [0.15, 0.2) is 5.65 Å². The Kier molecular flexibility index (Phi) is 8.91. The van der Waals surface area contributed by atoms with Gasteiger partial charge in [0.05, 0.1) is 10.8 Å². The first kappa shape index (κ1) is 29.9. The molecule has 0 N–H and O–H groups in total. The molecule has 6 rings (SSSR count). The SMILES string of the molecule is Cc1ccc2c(c1)c1nnc(SC(C)C(=O)N3CCN(C(=O)CCC4CCCC4)C(C)C3)nc1n2Cc1cccc(Cl)c1. The van der Waals surface area contributed by atoms with Crippen LogP contribution in [0.2, 0.25) is 5.02 Å². The summed E-state index contributed by atoms with van der Waals surface area (Å²) in [6, 6.07) is 14.1. The van der Waals surface area contributed by atoms with Gasteiger partial charge in [-0.1, -0.05) is 72.8 Å². The maximum atomic E-state index is 13.5. The number of aryl methyl sites for hydroxylation is 1. The van der Waals surface area contributed by atoms with Crippen molar-refractivity contribution in [1.82, 2.24) is 29.5 Å². The number of hydrogen-bond donors (Lipinski definition) is 0. The lowest BCUT2D eigenvalue weighted by Crippen LogP contribution is -2.56. The fourth-order valence-electron chi connectivity index (χ4n) is 6.65. The van der Waals surface area contributed by atoms with Gasteiger partial charge in [0.25, 0.3) is 0 Å². The van der Waals surface area contributed by atoms with E-state index in [1.165, 1.54) is 37.4 Å². The van der Waals surface area contributed by atoms with Crippen LogP contribution in [0, 0.1) is 12.8 Å². The predicted molar refractivity (Wildman–Crippen MR) is 172 cm³/mol. The van der Waals surface area contributed by atoms with Gasteiger partial charge in [-0.3, -0.25) is 9.59 Å². The highest BCUT2D eigenvalue weighted by Crippen LogP contribution is 2.31. The molecule has 2 aromatic carbocycles. The predicted octanol–water partition coefficient (Wildman–Crippen LogP) is 6.50. The van der Waals surface area contributed by atoms with Crippen LogP contribution in [0.1, 0.15) is 63.5 Å². The molecule has 2 aromatic heterocycles. The third kappa shape index (κ3) is 6.53. The quantitative estimate of drug-likeness (QED) is 0.210. The lowest BCUT2D eigenvalue weighted by Gasteiger charge is -2.40. The standard InChI is InChI=1S/C33H39ClN6O2S/c1-21-11-13-28-27(17-21)30-31(40(28)20-25-9-6-10-26(34)18-25)35-33(37-36-30)43-23(3)32(42)38-15-16-39(22(2)19-38)29(41)14-12-24-7-4-5-8-24/h6,9-11,13,17-18,22-24H,4-5,7-8,12,14-16,19-20H2,1-3H3. The molecule has 226 valence electrons. The number of halogens is 1. The van der Waals surface area contributed by atoms with E-state index >= 15 is 0 Å². The first-order valence-electron chi connectivity index (χ1n) is 15.4. The number of hydrogen-bond acceptors (Lipinski definition) is 6. The Morgan fingerprint density at radius 3 is 2.67 bits per heavy atom. The molecule has 2 unspecified atom stereocenters. The van der Waals surface area contributed by atoms with E-state index in [4.69, 9.17) is 16.6 Å². The van der Waals surface area contributed by atoms with Gasteiger partial charge in [-0.15, -0.1) is 10.2 Å². The first-order chi connectivity index (χ1) is 20.8. The number of piperazine rings is 1. The van der Waals surface area contributed by atoms with Crippen LogP contribution < -0.4 is 0 Å². The number of nitrogens with zero attached hydrogens (tertiary/aromatic N) is 6. The summed E-state index contributed by atoms with van der Waals surface area (Å²) in [6.45, 7) is 8.27. The van der Waals surface area contributed by atoms with Crippen LogP contribution in [0.3, 0.4) is 0 Å². The minimum absolute atomic E-state index is 0.00546. The second-order valence-corrected chi connectivity index (χ2v) is 13.9. The Bertz CT molecular complexity index is 1650. The highest BCUT2D eigenvalue weighted by molar-refractivity contribution is 8.00. The zero-order chi connectivity index (χ0) is 30.1. The molecule has 3 heterocycles. The number of fused-ring (bicyclic) bond motifs is 3. The number of amides is 2. The first-order valence-corrected chi connectivity index (χ1v) is 16.6. The Labute approximate surface area is 262 Å². The molecule has 2 fully saturated rings. The van der Waals surface area contributed by atoms with E-state index in [-0.39, 0.29) is 23.1 Å². The maximum Gasteiger partial charge on any atom is 0.236 e. The summed E-state index contributed by atoms with van der Waals surface area (Å²) in [7, 11) is 0. The van der Waals surface area contributed by atoms with Crippen molar-refractivity contribution < 1.29 is 9.59 Å². The van der Waals surface area contributed by atoms with E-state index in [1.54, 1.807) is 0 Å². The topological polar surface area (TPSA) is 84.2 Å². The molecule has 1 aliphatic carbocycles. The van der Waals surface area contributed by atoms with Crippen LogP contribution >= 0.6 is 23.4 Å². The van der Waals surface area contributed by atoms with Gasteiger partial charge in [0, 0.05) is 49.1 Å². The van der Waals surface area contributed by atoms with Crippen molar-refractivity contribution >= 4 is 57.2 Å². The average Bonchev–Trinajstić information content (AvgIpc) is 3.62. The molecular weight excluding hydrogens is 580 g/mol. The van der Waals surface area contributed by atoms with Crippen LogP contribution in [0.5, 0.6) is 0 Å². The Balaban J connectivity index is 1.15. The van der Waals surface area contributed by atoms with Crippen LogP contribution in [0.4, 0.5) is 0 Å². The summed E-state index contributed by atoms with van der Waals surface area (Å²) in [5, 5.41) is 10.8. The van der Waals surface area contributed by atoms with Gasteiger partial charge in [-0.25, -0.2) is 4.98 Å². The smallest absolute Gasteiger partial charge is 0.236 e. The average molecular weight is 619 g/mol. The molecule has 2 atom stereocenters. The van der Waals surface area contributed by atoms with Crippen molar-refractivity contribution in [2.45, 2.75) is 82.3 Å². The second-order valence-electron chi connectivity index (χ2n) is 12.2. The number of aromatic nitrogens is 4. The summed E-state index contributed by atoms with van der Waals surface area (Å²) in [5.41, 5.74) is 4.70. The van der Waals surface area contributed by atoms with Crippen LogP contribution in [0.15, 0.2) is 47.6 Å². The van der Waals surface area contributed by atoms with E-state index in [0.29, 0.717) is 48.7 Å². The minimum atomic E-state index is -0.385. The van der Waals surface area contributed by atoms with E-state index in [9.17, 15) is 9.59 Å². The number of thioether (sulfide) groups is 1. The summed E-state index contributed by atoms with van der Waals surface area (Å²) in [4.78, 5) is 35.2. The Hall–Kier alpha value is -3.17. The molecular formula is C33H39ClN6O2S. The molecule has 4 aromatic rings. The molecule has 2 amide bonds. The number of carbonyl (C=O) groups excluding carboxylic acids is 2. The van der Waals surface area contributed by atoms with Gasteiger partial charge in [-0.05, 0) is 62.9 Å². The zero-order valence-corrected chi connectivity index (χ0v) is 26.7. The van der Waals surface area contributed by atoms with E-state index < -0.39 is 0 Å². The minimum Gasteiger partial charge on any atom is -0.338 e. The van der Waals surface area contributed by atoms with Gasteiger partial charge in [-0.2, -0.15) is 0 Å². The van der Waals surface area contributed by atoms with Crippen molar-refractivity contribution in [3.05, 3.63) is 58.6 Å². The van der Waals surface area contributed by atoms with Crippen molar-refractivity contribution in [3.63, 3.8) is 0 Å². The zero-order valence-electron chi connectivity index (χ0n) is 25.1. The summed E-state index contributed by atoms with van der Waals surface area (Å²) < 4.78 is 2.14. The molecule has 1 saturated heterocycles. The molecule has 8 nitrogen and oxygen atoms in total. The largest absolute Gasteiger partial charge is 0.338 e. The highest BCUT2D eigenvalue weighted by atomic mass is 35.5. The van der Waals surface area contributed by atoms with Crippen molar-refractivity contribution in [2.75, 3.05) is 19.6 Å². The summed E-state index contributed by atoms with van der Waals surface area (Å²) >= 11 is 7.61.